The number of aromatic nitrogens is 4. The molecule has 1 unspecified atom stereocenters. The third-order valence-electron chi connectivity index (χ3n) is 5.45. The van der Waals surface area contributed by atoms with Gasteiger partial charge in [0, 0.05) is 36.0 Å². The number of ether oxygens (including phenoxy) is 1. The molecule has 2 amide bonds. The van der Waals surface area contributed by atoms with Crippen molar-refractivity contribution >= 4 is 28.8 Å². The van der Waals surface area contributed by atoms with Crippen LogP contribution in [0.2, 0.25) is 0 Å². The highest BCUT2D eigenvalue weighted by Crippen LogP contribution is 2.29. The maximum atomic E-state index is 12.9. The Labute approximate surface area is 183 Å². The standard InChI is InChI=1S/C23H20N6O3/c1-32-19-7-3-6-18(12-19)28-13-16(11-22(28)30)23(31)25-17-5-2-4-15(10-17)20-8-9-21-26-24-14-29(21)27-20/h2-10,12,14,16H,11,13H2,1H3,(H,25,31). The summed E-state index contributed by atoms with van der Waals surface area (Å²) in [4.78, 5) is 27.1. The van der Waals surface area contributed by atoms with Crippen molar-refractivity contribution < 1.29 is 14.3 Å². The Morgan fingerprint density at radius 3 is 2.88 bits per heavy atom. The zero-order chi connectivity index (χ0) is 22.1. The third-order valence-corrected chi connectivity index (χ3v) is 5.45. The van der Waals surface area contributed by atoms with Crippen LogP contribution in [0.5, 0.6) is 5.75 Å². The summed E-state index contributed by atoms with van der Waals surface area (Å²) in [6.45, 7) is 0.323. The molecule has 4 aromatic rings. The highest BCUT2D eigenvalue weighted by atomic mass is 16.5. The van der Waals surface area contributed by atoms with Gasteiger partial charge in [-0.15, -0.1) is 10.2 Å². The van der Waals surface area contributed by atoms with Gasteiger partial charge >= 0.3 is 0 Å². The van der Waals surface area contributed by atoms with Gasteiger partial charge in [0.15, 0.2) is 5.65 Å². The van der Waals surface area contributed by atoms with Gasteiger partial charge in [0.05, 0.1) is 18.7 Å². The van der Waals surface area contributed by atoms with Crippen molar-refractivity contribution in [3.8, 4) is 17.0 Å². The van der Waals surface area contributed by atoms with Crippen LogP contribution in [-0.4, -0.2) is 45.3 Å². The van der Waals surface area contributed by atoms with Crippen LogP contribution in [0.4, 0.5) is 11.4 Å². The zero-order valence-electron chi connectivity index (χ0n) is 17.3. The van der Waals surface area contributed by atoms with Crippen LogP contribution in [0.3, 0.4) is 0 Å². The first-order valence-electron chi connectivity index (χ1n) is 10.1. The quantitative estimate of drug-likeness (QED) is 0.525. The maximum Gasteiger partial charge on any atom is 0.229 e. The van der Waals surface area contributed by atoms with E-state index in [1.54, 1.807) is 22.6 Å². The molecule has 2 aromatic heterocycles. The van der Waals surface area contributed by atoms with Crippen molar-refractivity contribution in [3.63, 3.8) is 0 Å². The largest absolute Gasteiger partial charge is 0.497 e. The fourth-order valence-electron chi connectivity index (χ4n) is 3.79. The highest BCUT2D eigenvalue weighted by Gasteiger charge is 2.35. The van der Waals surface area contributed by atoms with Gasteiger partial charge in [-0.3, -0.25) is 9.59 Å². The summed E-state index contributed by atoms with van der Waals surface area (Å²) >= 11 is 0. The van der Waals surface area contributed by atoms with E-state index in [0.29, 0.717) is 23.6 Å². The Morgan fingerprint density at radius 2 is 2.00 bits per heavy atom. The Kier molecular flexibility index (Phi) is 4.98. The maximum absolute atomic E-state index is 12.9. The molecule has 9 nitrogen and oxygen atoms in total. The molecule has 9 heteroatoms. The Bertz CT molecular complexity index is 1320. The average Bonchev–Trinajstić information content (AvgIpc) is 3.45. The molecule has 1 N–H and O–H groups in total. The van der Waals surface area contributed by atoms with E-state index in [1.165, 1.54) is 6.33 Å². The molecule has 1 aliphatic rings. The lowest BCUT2D eigenvalue weighted by Gasteiger charge is -2.17. The van der Waals surface area contributed by atoms with Gasteiger partial charge in [-0.2, -0.15) is 9.61 Å². The molecular weight excluding hydrogens is 408 g/mol. The van der Waals surface area contributed by atoms with Crippen molar-refractivity contribution in [1.82, 2.24) is 19.8 Å². The van der Waals surface area contributed by atoms with Crippen LogP contribution in [0.25, 0.3) is 16.9 Å². The van der Waals surface area contributed by atoms with Crippen LogP contribution >= 0.6 is 0 Å². The SMILES string of the molecule is COc1cccc(N2CC(C(=O)Nc3cccc(-c4ccc5nncn5n4)c3)CC2=O)c1. The van der Waals surface area contributed by atoms with E-state index in [0.717, 1.165) is 16.9 Å². The zero-order valence-corrected chi connectivity index (χ0v) is 17.3. The molecule has 0 spiro atoms. The molecule has 160 valence electrons. The number of methoxy groups -OCH3 is 1. The van der Waals surface area contributed by atoms with E-state index < -0.39 is 5.92 Å². The van der Waals surface area contributed by atoms with Crippen molar-refractivity contribution in [1.29, 1.82) is 0 Å². The minimum atomic E-state index is -0.441. The van der Waals surface area contributed by atoms with E-state index in [9.17, 15) is 9.59 Å². The number of fused-ring (bicyclic) bond motifs is 1. The minimum absolute atomic E-state index is 0.0846. The van der Waals surface area contributed by atoms with Crippen LogP contribution in [0, 0.1) is 5.92 Å². The van der Waals surface area contributed by atoms with E-state index >= 15 is 0 Å². The van der Waals surface area contributed by atoms with Gasteiger partial charge < -0.3 is 15.0 Å². The van der Waals surface area contributed by atoms with Gasteiger partial charge in [-0.1, -0.05) is 18.2 Å². The van der Waals surface area contributed by atoms with Crippen molar-refractivity contribution in [2.45, 2.75) is 6.42 Å². The molecule has 0 saturated carbocycles. The monoisotopic (exact) mass is 428 g/mol. The number of anilines is 2. The highest BCUT2D eigenvalue weighted by molar-refractivity contribution is 6.03. The molecule has 0 bridgehead atoms. The summed E-state index contributed by atoms with van der Waals surface area (Å²) in [6, 6.07) is 18.4. The molecule has 1 saturated heterocycles. The first-order valence-corrected chi connectivity index (χ1v) is 10.1. The Balaban J connectivity index is 1.31. The van der Waals surface area contributed by atoms with E-state index in [-0.39, 0.29) is 18.2 Å². The number of carbonyl (C=O) groups excluding carboxylic acids is 2. The third kappa shape index (κ3) is 3.76. The van der Waals surface area contributed by atoms with Crippen molar-refractivity contribution in [2.24, 2.45) is 5.92 Å². The van der Waals surface area contributed by atoms with Gasteiger partial charge in [-0.05, 0) is 36.4 Å². The van der Waals surface area contributed by atoms with Crippen LogP contribution in [-0.2, 0) is 9.59 Å². The predicted octanol–water partition coefficient (Wildman–Crippen LogP) is 2.79. The fourth-order valence-corrected chi connectivity index (χ4v) is 3.79. The summed E-state index contributed by atoms with van der Waals surface area (Å²) in [6.07, 6.45) is 1.70. The van der Waals surface area contributed by atoms with Crippen LogP contribution in [0.15, 0.2) is 67.0 Å². The van der Waals surface area contributed by atoms with Gasteiger partial charge in [0.25, 0.3) is 0 Å². The number of hydrogen-bond donors (Lipinski definition) is 1. The number of nitrogens with zero attached hydrogens (tertiary/aromatic N) is 5. The summed E-state index contributed by atoms with van der Waals surface area (Å²) in [5, 5.41) is 15.2. The minimum Gasteiger partial charge on any atom is -0.497 e. The van der Waals surface area contributed by atoms with E-state index in [4.69, 9.17) is 4.74 Å². The predicted molar refractivity (Wildman–Crippen MR) is 118 cm³/mol. The molecule has 0 radical (unpaired) electrons. The normalized spacial score (nSPS) is 15.8. The molecule has 5 rings (SSSR count). The Morgan fingerprint density at radius 1 is 1.12 bits per heavy atom. The molecule has 1 atom stereocenters. The number of rotatable bonds is 5. The first kappa shape index (κ1) is 19.7. The first-order chi connectivity index (χ1) is 15.6. The Hall–Kier alpha value is -4.27. The second-order valence-electron chi connectivity index (χ2n) is 7.53. The number of benzene rings is 2. The molecule has 32 heavy (non-hydrogen) atoms. The number of hydrogen-bond acceptors (Lipinski definition) is 6. The van der Waals surface area contributed by atoms with E-state index in [2.05, 4.69) is 20.6 Å². The smallest absolute Gasteiger partial charge is 0.229 e. The van der Waals surface area contributed by atoms with Crippen LogP contribution in [0.1, 0.15) is 6.42 Å². The topological polar surface area (TPSA) is 102 Å². The number of carbonyl (C=O) groups is 2. The second-order valence-corrected chi connectivity index (χ2v) is 7.53. The van der Waals surface area contributed by atoms with Crippen molar-refractivity contribution in [2.75, 3.05) is 23.9 Å². The summed E-state index contributed by atoms with van der Waals surface area (Å²) in [5.41, 5.74) is 3.60. The summed E-state index contributed by atoms with van der Waals surface area (Å²) in [7, 11) is 1.58. The molecule has 3 heterocycles. The van der Waals surface area contributed by atoms with Crippen molar-refractivity contribution in [3.05, 3.63) is 67.0 Å². The molecule has 2 aromatic carbocycles. The molecule has 0 aliphatic carbocycles. The summed E-state index contributed by atoms with van der Waals surface area (Å²) < 4.78 is 6.83. The lowest BCUT2D eigenvalue weighted by Crippen LogP contribution is -2.28. The molecule has 1 fully saturated rings. The van der Waals surface area contributed by atoms with E-state index in [1.807, 2.05) is 54.6 Å². The second kappa shape index (κ2) is 8.10. The van der Waals surface area contributed by atoms with Crippen LogP contribution < -0.4 is 15.0 Å². The lowest BCUT2D eigenvalue weighted by atomic mass is 10.1. The lowest BCUT2D eigenvalue weighted by molar-refractivity contribution is -0.122. The van der Waals surface area contributed by atoms with Gasteiger partial charge in [0.2, 0.25) is 11.8 Å². The molecule has 1 aliphatic heterocycles. The summed E-state index contributed by atoms with van der Waals surface area (Å²) in [5.74, 6) is -0.0520. The molecular formula is C23H20N6O3. The van der Waals surface area contributed by atoms with Gasteiger partial charge in [0.1, 0.15) is 12.1 Å². The number of amides is 2. The van der Waals surface area contributed by atoms with Gasteiger partial charge in [-0.25, -0.2) is 0 Å². The fraction of sp³-hybridized carbons (Fsp3) is 0.174. The average molecular weight is 428 g/mol. The number of nitrogens with one attached hydrogen (secondary N) is 1.